The number of aromatic nitrogens is 3. The number of rotatable bonds is 3. The van der Waals surface area contributed by atoms with E-state index < -0.39 is 5.97 Å². The number of nitrogens with zero attached hydrogens (tertiary/aromatic N) is 2. The Morgan fingerprint density at radius 2 is 2.19 bits per heavy atom. The van der Waals surface area contributed by atoms with E-state index in [-0.39, 0.29) is 5.28 Å². The molecule has 1 aromatic carbocycles. The van der Waals surface area contributed by atoms with Crippen molar-refractivity contribution in [3.63, 3.8) is 0 Å². The quantitative estimate of drug-likeness (QED) is 0.574. The van der Waals surface area contributed by atoms with E-state index in [1.807, 2.05) is 18.2 Å². The van der Waals surface area contributed by atoms with Crippen LogP contribution in [0.2, 0.25) is 5.28 Å². The van der Waals surface area contributed by atoms with E-state index in [2.05, 4.69) is 25.0 Å². The smallest absolute Gasteiger partial charge is 0.354 e. The molecule has 0 saturated carbocycles. The molecule has 2 heterocycles. The van der Waals surface area contributed by atoms with Gasteiger partial charge in [0.2, 0.25) is 5.28 Å². The molecule has 7 heteroatoms. The van der Waals surface area contributed by atoms with Gasteiger partial charge in [-0.15, -0.1) is 0 Å². The number of hydrogen-bond acceptors (Lipinski definition) is 5. The van der Waals surface area contributed by atoms with E-state index in [0.717, 1.165) is 16.6 Å². The summed E-state index contributed by atoms with van der Waals surface area (Å²) in [6, 6.07) is 9.09. The van der Waals surface area contributed by atoms with Crippen LogP contribution in [0.4, 0.5) is 11.5 Å². The van der Waals surface area contributed by atoms with Gasteiger partial charge >= 0.3 is 5.97 Å². The number of hydrogen-bond donors (Lipinski definition) is 2. The van der Waals surface area contributed by atoms with Gasteiger partial charge in [0.05, 0.1) is 7.11 Å². The highest BCUT2D eigenvalue weighted by molar-refractivity contribution is 6.28. The molecule has 0 atom stereocenters. The lowest BCUT2D eigenvalue weighted by molar-refractivity contribution is 0.0595. The van der Waals surface area contributed by atoms with Crippen LogP contribution in [0.3, 0.4) is 0 Å². The maximum Gasteiger partial charge on any atom is 0.354 e. The lowest BCUT2D eigenvalue weighted by Crippen LogP contribution is -2.00. The van der Waals surface area contributed by atoms with E-state index in [9.17, 15) is 4.79 Å². The van der Waals surface area contributed by atoms with Crippen LogP contribution in [-0.2, 0) is 4.74 Å². The lowest BCUT2D eigenvalue weighted by atomic mass is 10.2. The fourth-order valence-corrected chi connectivity index (χ4v) is 2.13. The predicted molar refractivity (Wildman–Crippen MR) is 80.0 cm³/mol. The predicted octanol–water partition coefficient (Wildman–Crippen LogP) is 3.14. The van der Waals surface area contributed by atoms with Gasteiger partial charge < -0.3 is 15.0 Å². The molecule has 0 unspecified atom stereocenters. The van der Waals surface area contributed by atoms with Crippen LogP contribution < -0.4 is 5.32 Å². The molecule has 0 aliphatic rings. The minimum atomic E-state index is -0.400. The molecule has 0 bridgehead atoms. The average molecular weight is 303 g/mol. The van der Waals surface area contributed by atoms with E-state index in [1.165, 1.54) is 7.11 Å². The van der Waals surface area contributed by atoms with Gasteiger partial charge in [0.25, 0.3) is 0 Å². The van der Waals surface area contributed by atoms with Gasteiger partial charge in [0.1, 0.15) is 11.5 Å². The van der Waals surface area contributed by atoms with Crippen LogP contribution >= 0.6 is 11.6 Å². The number of ether oxygens (including phenoxy) is 1. The third kappa shape index (κ3) is 2.80. The maximum atomic E-state index is 11.5. The molecule has 2 N–H and O–H groups in total. The number of aromatic amines is 1. The molecule has 0 aliphatic carbocycles. The Labute approximate surface area is 125 Å². The normalized spacial score (nSPS) is 10.6. The van der Waals surface area contributed by atoms with Crippen LogP contribution in [0.15, 0.2) is 36.5 Å². The fraction of sp³-hybridized carbons (Fsp3) is 0.0714. The van der Waals surface area contributed by atoms with E-state index in [0.29, 0.717) is 11.5 Å². The highest BCUT2D eigenvalue weighted by Crippen LogP contribution is 2.22. The molecule has 0 saturated heterocycles. The lowest BCUT2D eigenvalue weighted by Gasteiger charge is -2.05. The topological polar surface area (TPSA) is 79.9 Å². The second kappa shape index (κ2) is 5.41. The van der Waals surface area contributed by atoms with Crippen LogP contribution in [-0.4, -0.2) is 28.0 Å². The Balaban J connectivity index is 1.92. The number of fused-ring (bicyclic) bond motifs is 1. The number of methoxy groups -OCH3 is 1. The average Bonchev–Trinajstić information content (AvgIpc) is 2.89. The SMILES string of the molecule is COC(=O)c1cc2cc(Nc3ccnc(Cl)n3)ccc2[nH]1. The number of carbonyl (C=O) groups is 1. The van der Waals surface area contributed by atoms with Crippen molar-refractivity contribution in [2.75, 3.05) is 12.4 Å². The van der Waals surface area contributed by atoms with Crippen molar-refractivity contribution < 1.29 is 9.53 Å². The van der Waals surface area contributed by atoms with Gasteiger partial charge in [-0.3, -0.25) is 0 Å². The number of benzene rings is 1. The number of H-pyrrole nitrogens is 1. The van der Waals surface area contributed by atoms with E-state index in [1.54, 1.807) is 18.3 Å². The summed E-state index contributed by atoms with van der Waals surface area (Å²) in [6.07, 6.45) is 1.57. The highest BCUT2D eigenvalue weighted by atomic mass is 35.5. The summed E-state index contributed by atoms with van der Waals surface area (Å²) in [5, 5.41) is 4.19. The van der Waals surface area contributed by atoms with Crippen molar-refractivity contribution >= 4 is 40.0 Å². The Bertz CT molecular complexity index is 816. The van der Waals surface area contributed by atoms with Crippen molar-refractivity contribution in [3.8, 4) is 0 Å². The van der Waals surface area contributed by atoms with Crippen molar-refractivity contribution in [2.45, 2.75) is 0 Å². The molecule has 2 aromatic heterocycles. The summed E-state index contributed by atoms with van der Waals surface area (Å²) in [5.74, 6) is 0.196. The second-order valence-corrected chi connectivity index (χ2v) is 4.65. The first kappa shape index (κ1) is 13.4. The summed E-state index contributed by atoms with van der Waals surface area (Å²) in [6.45, 7) is 0. The minimum absolute atomic E-state index is 0.177. The number of nitrogens with one attached hydrogen (secondary N) is 2. The van der Waals surface area contributed by atoms with Crippen LogP contribution in [0.5, 0.6) is 0 Å². The molecule has 21 heavy (non-hydrogen) atoms. The van der Waals surface area contributed by atoms with Gasteiger partial charge in [0.15, 0.2) is 0 Å². The zero-order valence-corrected chi connectivity index (χ0v) is 11.8. The van der Waals surface area contributed by atoms with Crippen LogP contribution in [0.1, 0.15) is 10.5 Å². The summed E-state index contributed by atoms with van der Waals surface area (Å²) < 4.78 is 4.69. The van der Waals surface area contributed by atoms with E-state index >= 15 is 0 Å². The molecule has 0 aliphatic heterocycles. The second-order valence-electron chi connectivity index (χ2n) is 4.31. The summed E-state index contributed by atoms with van der Waals surface area (Å²) in [4.78, 5) is 22.4. The van der Waals surface area contributed by atoms with Gasteiger partial charge in [-0.05, 0) is 41.9 Å². The molecule has 6 nitrogen and oxygen atoms in total. The Morgan fingerprint density at radius 3 is 2.95 bits per heavy atom. The van der Waals surface area contributed by atoms with E-state index in [4.69, 9.17) is 11.6 Å². The molecular formula is C14H11ClN4O2. The zero-order valence-electron chi connectivity index (χ0n) is 11.1. The fourth-order valence-electron chi connectivity index (χ4n) is 1.98. The molecule has 106 valence electrons. The summed E-state index contributed by atoms with van der Waals surface area (Å²) in [5.41, 5.74) is 2.09. The van der Waals surface area contributed by atoms with Crippen molar-refractivity contribution in [1.29, 1.82) is 0 Å². The number of anilines is 2. The standard InChI is InChI=1S/C14H11ClN4O2/c1-21-13(20)11-7-8-6-9(2-3-10(8)18-11)17-12-4-5-16-14(15)19-12/h2-7,18H,1H3,(H,16,17,19). The molecule has 3 rings (SSSR count). The first-order valence-electron chi connectivity index (χ1n) is 6.12. The molecular weight excluding hydrogens is 292 g/mol. The number of halogens is 1. The maximum absolute atomic E-state index is 11.5. The molecule has 0 radical (unpaired) electrons. The Kier molecular flexibility index (Phi) is 3.45. The van der Waals surface area contributed by atoms with Crippen molar-refractivity contribution in [3.05, 3.63) is 47.5 Å². The van der Waals surface area contributed by atoms with Gasteiger partial charge in [-0.2, -0.15) is 0 Å². The monoisotopic (exact) mass is 302 g/mol. The first-order chi connectivity index (χ1) is 10.2. The minimum Gasteiger partial charge on any atom is -0.464 e. The van der Waals surface area contributed by atoms with Crippen LogP contribution in [0.25, 0.3) is 10.9 Å². The molecule has 3 aromatic rings. The molecule has 0 fully saturated rings. The highest BCUT2D eigenvalue weighted by Gasteiger charge is 2.09. The summed E-state index contributed by atoms with van der Waals surface area (Å²) in [7, 11) is 1.35. The Hall–Kier alpha value is -2.60. The molecule has 0 spiro atoms. The third-order valence-corrected chi connectivity index (χ3v) is 3.11. The molecule has 0 amide bonds. The van der Waals surface area contributed by atoms with Crippen LogP contribution in [0, 0.1) is 0 Å². The number of esters is 1. The largest absolute Gasteiger partial charge is 0.464 e. The summed E-state index contributed by atoms with van der Waals surface area (Å²) >= 11 is 5.74. The number of carbonyl (C=O) groups excluding carboxylic acids is 1. The third-order valence-electron chi connectivity index (χ3n) is 2.92. The first-order valence-corrected chi connectivity index (χ1v) is 6.50. The Morgan fingerprint density at radius 1 is 1.33 bits per heavy atom. The van der Waals surface area contributed by atoms with Gasteiger partial charge in [-0.25, -0.2) is 14.8 Å². The van der Waals surface area contributed by atoms with Crippen molar-refractivity contribution in [1.82, 2.24) is 15.0 Å². The van der Waals surface area contributed by atoms with Crippen molar-refractivity contribution in [2.24, 2.45) is 0 Å². The van der Waals surface area contributed by atoms with Gasteiger partial charge in [-0.1, -0.05) is 0 Å². The zero-order chi connectivity index (χ0) is 14.8. The van der Waals surface area contributed by atoms with Gasteiger partial charge in [0, 0.05) is 22.8 Å².